The summed E-state index contributed by atoms with van der Waals surface area (Å²) in [6.07, 6.45) is 1.50. The molecule has 2 rings (SSSR count). The molecule has 1 amide bonds. The molecule has 0 atom stereocenters. The maximum absolute atomic E-state index is 11.5. The Balaban J connectivity index is 1.89. The number of H-pyrrole nitrogens is 1. The third-order valence-corrected chi connectivity index (χ3v) is 2.17. The number of hydrogen-bond acceptors (Lipinski definition) is 5. The van der Waals surface area contributed by atoms with Gasteiger partial charge in [-0.1, -0.05) is 6.07 Å². The summed E-state index contributed by atoms with van der Waals surface area (Å²) < 4.78 is 5.16. The van der Waals surface area contributed by atoms with Crippen LogP contribution in [0.4, 0.5) is 11.5 Å². The Morgan fingerprint density at radius 2 is 2.32 bits per heavy atom. The molecule has 0 unspecified atom stereocenters. The zero-order valence-electron chi connectivity index (χ0n) is 9.70. The average Bonchev–Trinajstić information content (AvgIpc) is 2.89. The summed E-state index contributed by atoms with van der Waals surface area (Å²) in [5.41, 5.74) is -0.0912. The highest BCUT2D eigenvalue weighted by atomic mass is 16.6. The predicted octanol–water partition coefficient (Wildman–Crippen LogP) is 1.34. The van der Waals surface area contributed by atoms with Gasteiger partial charge in [0.05, 0.1) is 17.2 Å². The first-order valence-electron chi connectivity index (χ1n) is 5.31. The zero-order valence-corrected chi connectivity index (χ0v) is 9.70. The molecule has 8 nitrogen and oxygen atoms in total. The van der Waals surface area contributed by atoms with Gasteiger partial charge in [-0.3, -0.25) is 20.0 Å². The minimum absolute atomic E-state index is 0.0912. The fourth-order valence-corrected chi connectivity index (χ4v) is 1.35. The van der Waals surface area contributed by atoms with Gasteiger partial charge in [0.1, 0.15) is 11.6 Å². The summed E-state index contributed by atoms with van der Waals surface area (Å²) in [4.78, 5) is 21.5. The van der Waals surface area contributed by atoms with Crippen molar-refractivity contribution in [3.05, 3.63) is 46.6 Å². The zero-order chi connectivity index (χ0) is 13.7. The lowest BCUT2D eigenvalue weighted by molar-refractivity contribution is -0.384. The lowest BCUT2D eigenvalue weighted by Gasteiger charge is -2.05. The van der Waals surface area contributed by atoms with E-state index < -0.39 is 10.8 Å². The standard InChI is InChI=1S/C11H10N4O4/c16-11(13-10-4-5-12-14-10)7-19-9-3-1-2-8(6-9)15(17)18/h1-6H,7H2,(H2,12,13,14,16). The van der Waals surface area contributed by atoms with E-state index >= 15 is 0 Å². The minimum Gasteiger partial charge on any atom is -0.484 e. The number of nitro groups is 1. The smallest absolute Gasteiger partial charge is 0.273 e. The molecule has 0 aliphatic carbocycles. The topological polar surface area (TPSA) is 110 Å². The number of carbonyl (C=O) groups is 1. The maximum Gasteiger partial charge on any atom is 0.273 e. The highest BCUT2D eigenvalue weighted by Crippen LogP contribution is 2.18. The Morgan fingerprint density at radius 3 is 3.00 bits per heavy atom. The van der Waals surface area contributed by atoms with Crippen LogP contribution in [0.15, 0.2) is 36.5 Å². The molecule has 0 fully saturated rings. The van der Waals surface area contributed by atoms with Crippen LogP contribution in [0.1, 0.15) is 0 Å². The fraction of sp³-hybridized carbons (Fsp3) is 0.0909. The van der Waals surface area contributed by atoms with Crippen molar-refractivity contribution in [3.63, 3.8) is 0 Å². The van der Waals surface area contributed by atoms with E-state index in [1.165, 1.54) is 30.5 Å². The lowest BCUT2D eigenvalue weighted by Crippen LogP contribution is -2.20. The number of benzene rings is 1. The molecule has 0 bridgehead atoms. The molecule has 8 heteroatoms. The van der Waals surface area contributed by atoms with Gasteiger partial charge < -0.3 is 10.1 Å². The van der Waals surface area contributed by atoms with Crippen molar-refractivity contribution < 1.29 is 14.5 Å². The van der Waals surface area contributed by atoms with E-state index in [0.29, 0.717) is 5.82 Å². The van der Waals surface area contributed by atoms with E-state index in [2.05, 4.69) is 15.5 Å². The van der Waals surface area contributed by atoms with Crippen LogP contribution in [-0.2, 0) is 4.79 Å². The Bertz CT molecular complexity index is 582. The Labute approximate surface area is 107 Å². The van der Waals surface area contributed by atoms with Crippen molar-refractivity contribution in [1.29, 1.82) is 0 Å². The van der Waals surface area contributed by atoms with Gasteiger partial charge in [-0.15, -0.1) is 0 Å². The first kappa shape index (κ1) is 12.6. The minimum atomic E-state index is -0.530. The van der Waals surface area contributed by atoms with E-state index in [1.807, 2.05) is 0 Å². The fourth-order valence-electron chi connectivity index (χ4n) is 1.35. The van der Waals surface area contributed by atoms with E-state index in [1.54, 1.807) is 6.07 Å². The highest BCUT2D eigenvalue weighted by Gasteiger charge is 2.08. The molecular weight excluding hydrogens is 252 g/mol. The van der Waals surface area contributed by atoms with Gasteiger partial charge in [0.2, 0.25) is 0 Å². The first-order chi connectivity index (χ1) is 9.15. The lowest BCUT2D eigenvalue weighted by atomic mass is 10.3. The molecule has 98 valence electrons. The molecule has 2 N–H and O–H groups in total. The van der Waals surface area contributed by atoms with Crippen LogP contribution in [0.3, 0.4) is 0 Å². The molecule has 0 aliphatic rings. The molecule has 0 radical (unpaired) electrons. The van der Waals surface area contributed by atoms with Crippen molar-refractivity contribution in [1.82, 2.24) is 10.2 Å². The van der Waals surface area contributed by atoms with Crippen molar-refractivity contribution in [3.8, 4) is 5.75 Å². The van der Waals surface area contributed by atoms with Gasteiger partial charge in [-0.2, -0.15) is 5.10 Å². The van der Waals surface area contributed by atoms with Crippen LogP contribution >= 0.6 is 0 Å². The van der Waals surface area contributed by atoms with Crippen LogP contribution in [0, 0.1) is 10.1 Å². The summed E-state index contributed by atoms with van der Waals surface area (Å²) in [5, 5.41) is 19.3. The monoisotopic (exact) mass is 262 g/mol. The third-order valence-electron chi connectivity index (χ3n) is 2.17. The molecule has 0 aliphatic heterocycles. The molecule has 0 saturated carbocycles. The third kappa shape index (κ3) is 3.53. The molecule has 1 heterocycles. The van der Waals surface area contributed by atoms with Crippen LogP contribution in [-0.4, -0.2) is 27.6 Å². The molecule has 0 spiro atoms. The molecule has 19 heavy (non-hydrogen) atoms. The SMILES string of the molecule is O=C(COc1cccc([N+](=O)[O-])c1)Nc1ccn[nH]1. The number of anilines is 1. The predicted molar refractivity (Wildman–Crippen MR) is 65.8 cm³/mol. The normalized spacial score (nSPS) is 9.89. The Morgan fingerprint density at radius 1 is 1.47 bits per heavy atom. The van der Waals surface area contributed by atoms with Gasteiger partial charge in [0.15, 0.2) is 6.61 Å². The number of hydrogen-bond donors (Lipinski definition) is 2. The number of rotatable bonds is 5. The average molecular weight is 262 g/mol. The first-order valence-corrected chi connectivity index (χ1v) is 5.31. The van der Waals surface area contributed by atoms with Crippen LogP contribution in [0.2, 0.25) is 0 Å². The largest absolute Gasteiger partial charge is 0.484 e. The number of nitrogens with zero attached hydrogens (tertiary/aromatic N) is 2. The number of aromatic nitrogens is 2. The number of nitro benzene ring substituents is 1. The molecule has 1 aromatic carbocycles. The van der Waals surface area contributed by atoms with Crippen LogP contribution < -0.4 is 10.1 Å². The summed E-state index contributed by atoms with van der Waals surface area (Å²) >= 11 is 0. The van der Waals surface area contributed by atoms with Gasteiger partial charge >= 0.3 is 0 Å². The van der Waals surface area contributed by atoms with Crippen molar-refractivity contribution in [2.45, 2.75) is 0 Å². The van der Waals surface area contributed by atoms with Gasteiger partial charge in [-0.25, -0.2) is 0 Å². The quantitative estimate of drug-likeness (QED) is 0.624. The van der Waals surface area contributed by atoms with Crippen LogP contribution in [0.5, 0.6) is 5.75 Å². The number of ether oxygens (including phenoxy) is 1. The second-order valence-corrected chi connectivity index (χ2v) is 3.56. The molecule has 0 saturated heterocycles. The van der Waals surface area contributed by atoms with E-state index in [0.717, 1.165) is 0 Å². The number of carbonyl (C=O) groups excluding carboxylic acids is 1. The number of amides is 1. The summed E-state index contributed by atoms with van der Waals surface area (Å²) in [6.45, 7) is -0.250. The van der Waals surface area contributed by atoms with Crippen molar-refractivity contribution in [2.75, 3.05) is 11.9 Å². The highest BCUT2D eigenvalue weighted by molar-refractivity contribution is 5.90. The van der Waals surface area contributed by atoms with Crippen molar-refractivity contribution >= 4 is 17.4 Å². The van der Waals surface area contributed by atoms with E-state index in [-0.39, 0.29) is 18.0 Å². The van der Waals surface area contributed by atoms with Crippen LogP contribution in [0.25, 0.3) is 0 Å². The van der Waals surface area contributed by atoms with E-state index in [4.69, 9.17) is 4.74 Å². The second-order valence-electron chi connectivity index (χ2n) is 3.56. The maximum atomic E-state index is 11.5. The molecular formula is C11H10N4O4. The molecule has 2 aromatic rings. The summed E-state index contributed by atoms with van der Waals surface area (Å²) in [7, 11) is 0. The van der Waals surface area contributed by atoms with E-state index in [9.17, 15) is 14.9 Å². The Kier molecular flexibility index (Phi) is 3.72. The Hall–Kier alpha value is -2.90. The number of non-ortho nitro benzene ring substituents is 1. The van der Waals surface area contributed by atoms with Gasteiger partial charge in [0.25, 0.3) is 11.6 Å². The molecule has 1 aromatic heterocycles. The number of aromatic amines is 1. The summed E-state index contributed by atoms with van der Waals surface area (Å²) in [5.74, 6) is 0.317. The summed E-state index contributed by atoms with van der Waals surface area (Å²) in [6, 6.07) is 7.21. The second kappa shape index (κ2) is 5.63. The van der Waals surface area contributed by atoms with Crippen molar-refractivity contribution in [2.24, 2.45) is 0 Å². The number of nitrogens with one attached hydrogen (secondary N) is 2. The van der Waals surface area contributed by atoms with Gasteiger partial charge in [-0.05, 0) is 6.07 Å². The van der Waals surface area contributed by atoms with Gasteiger partial charge in [0, 0.05) is 12.1 Å².